The van der Waals surface area contributed by atoms with Gasteiger partial charge in [0.1, 0.15) is 5.82 Å². The maximum Gasteiger partial charge on any atom is 0.258 e. The van der Waals surface area contributed by atoms with E-state index in [-0.39, 0.29) is 5.91 Å². The summed E-state index contributed by atoms with van der Waals surface area (Å²) in [5, 5.41) is 0. The Morgan fingerprint density at radius 3 is 2.78 bits per heavy atom. The van der Waals surface area contributed by atoms with E-state index in [1.807, 2.05) is 35.2 Å². The first-order valence-corrected chi connectivity index (χ1v) is 9.37. The molecule has 1 amide bonds. The molecule has 3 aromatic rings. The first-order chi connectivity index (χ1) is 13.2. The van der Waals surface area contributed by atoms with Crippen LogP contribution in [0, 0.1) is 6.92 Å². The van der Waals surface area contributed by atoms with Crippen molar-refractivity contribution in [1.82, 2.24) is 4.98 Å². The lowest BCUT2D eigenvalue weighted by molar-refractivity contribution is 0.0989. The quantitative estimate of drug-likeness (QED) is 0.676. The summed E-state index contributed by atoms with van der Waals surface area (Å²) in [4.78, 5) is 21.7. The van der Waals surface area contributed by atoms with E-state index in [1.165, 1.54) is 11.1 Å². The zero-order valence-electron chi connectivity index (χ0n) is 15.7. The Balaban J connectivity index is 1.65. The van der Waals surface area contributed by atoms with Crippen molar-refractivity contribution < 1.29 is 4.79 Å². The molecule has 0 spiro atoms. The monoisotopic (exact) mass is 357 g/mol. The van der Waals surface area contributed by atoms with Crippen molar-refractivity contribution in [2.75, 3.05) is 22.9 Å². The molecule has 0 fully saturated rings. The van der Waals surface area contributed by atoms with Gasteiger partial charge in [-0.1, -0.05) is 30.3 Å². The summed E-state index contributed by atoms with van der Waals surface area (Å²) >= 11 is 0. The minimum Gasteiger partial charge on any atom is -0.327 e. The third kappa shape index (κ3) is 3.31. The number of amides is 1. The molecule has 0 saturated heterocycles. The van der Waals surface area contributed by atoms with Gasteiger partial charge in [-0.2, -0.15) is 0 Å². The summed E-state index contributed by atoms with van der Waals surface area (Å²) in [6, 6.07) is 20.2. The number of hydrogen-bond acceptors (Lipinski definition) is 3. The van der Waals surface area contributed by atoms with Crippen LogP contribution in [0.15, 0.2) is 66.9 Å². The van der Waals surface area contributed by atoms with Gasteiger partial charge in [-0.05, 0) is 61.7 Å². The van der Waals surface area contributed by atoms with Gasteiger partial charge in [-0.25, -0.2) is 4.98 Å². The number of anilines is 3. The van der Waals surface area contributed by atoms with Crippen LogP contribution in [0.4, 0.5) is 17.2 Å². The molecule has 4 heteroatoms. The Labute approximate surface area is 160 Å². The number of fused-ring (bicyclic) bond motifs is 1. The molecule has 1 aliphatic heterocycles. The number of benzene rings is 2. The highest BCUT2D eigenvalue weighted by atomic mass is 16.2. The van der Waals surface area contributed by atoms with Gasteiger partial charge in [0.15, 0.2) is 0 Å². The average molecular weight is 357 g/mol. The zero-order chi connectivity index (χ0) is 18.8. The second kappa shape index (κ2) is 7.23. The molecule has 4 nitrogen and oxygen atoms in total. The normalized spacial score (nSPS) is 12.7. The van der Waals surface area contributed by atoms with Crippen LogP contribution >= 0.6 is 0 Å². The number of aryl methyl sites for hydroxylation is 1. The lowest BCUT2D eigenvalue weighted by Gasteiger charge is -2.23. The second-order valence-corrected chi connectivity index (χ2v) is 6.82. The number of carbonyl (C=O) groups is 1. The number of aromatic nitrogens is 1. The number of hydrogen-bond donors (Lipinski definition) is 0. The van der Waals surface area contributed by atoms with Crippen LogP contribution in [0.2, 0.25) is 0 Å². The summed E-state index contributed by atoms with van der Waals surface area (Å²) < 4.78 is 0. The van der Waals surface area contributed by atoms with Crippen molar-refractivity contribution in [3.63, 3.8) is 0 Å². The SMILES string of the molecule is CCN(c1cccc(C)c1)c1cc(C(=O)N2CCc3ccccc32)ccn1. The van der Waals surface area contributed by atoms with E-state index in [0.29, 0.717) is 5.56 Å². The minimum atomic E-state index is 0.0314. The van der Waals surface area contributed by atoms with Gasteiger partial charge in [0.05, 0.1) is 0 Å². The highest BCUT2D eigenvalue weighted by molar-refractivity contribution is 6.07. The number of pyridine rings is 1. The third-order valence-corrected chi connectivity index (χ3v) is 5.03. The fourth-order valence-electron chi connectivity index (χ4n) is 3.68. The summed E-state index contributed by atoms with van der Waals surface area (Å²) in [5.74, 6) is 0.824. The van der Waals surface area contributed by atoms with E-state index in [1.54, 1.807) is 12.3 Å². The number of rotatable bonds is 4. The van der Waals surface area contributed by atoms with Crippen LogP contribution in [-0.2, 0) is 6.42 Å². The summed E-state index contributed by atoms with van der Waals surface area (Å²) in [7, 11) is 0. The van der Waals surface area contributed by atoms with Crippen LogP contribution < -0.4 is 9.80 Å². The molecule has 2 heterocycles. The van der Waals surface area contributed by atoms with Gasteiger partial charge in [0.2, 0.25) is 0 Å². The Kier molecular flexibility index (Phi) is 4.63. The van der Waals surface area contributed by atoms with Crippen molar-refractivity contribution >= 4 is 23.1 Å². The first-order valence-electron chi connectivity index (χ1n) is 9.37. The second-order valence-electron chi connectivity index (χ2n) is 6.82. The minimum absolute atomic E-state index is 0.0314. The number of para-hydroxylation sites is 1. The standard InChI is InChI=1S/C23H23N3O/c1-3-25(20-9-6-7-17(2)15-20)22-16-19(11-13-24-22)23(27)26-14-12-18-8-4-5-10-21(18)26/h4-11,13,15-16H,3,12,14H2,1-2H3. The van der Waals surface area contributed by atoms with Crippen LogP contribution in [0.1, 0.15) is 28.4 Å². The lowest BCUT2D eigenvalue weighted by atomic mass is 10.1. The predicted molar refractivity (Wildman–Crippen MR) is 110 cm³/mol. The van der Waals surface area contributed by atoms with Gasteiger partial charge in [0.25, 0.3) is 5.91 Å². The van der Waals surface area contributed by atoms with Crippen LogP contribution in [-0.4, -0.2) is 24.0 Å². The summed E-state index contributed by atoms with van der Waals surface area (Å²) in [6.45, 7) is 5.68. The van der Waals surface area contributed by atoms with Crippen LogP contribution in [0.5, 0.6) is 0 Å². The van der Waals surface area contributed by atoms with E-state index in [2.05, 4.69) is 48.0 Å². The van der Waals surface area contributed by atoms with Gasteiger partial charge < -0.3 is 9.80 Å². The van der Waals surface area contributed by atoms with Gasteiger partial charge in [-0.15, -0.1) is 0 Å². The highest BCUT2D eigenvalue weighted by Crippen LogP contribution is 2.30. The van der Waals surface area contributed by atoms with Crippen molar-refractivity contribution in [2.24, 2.45) is 0 Å². The van der Waals surface area contributed by atoms with E-state index in [9.17, 15) is 4.79 Å². The topological polar surface area (TPSA) is 36.4 Å². The van der Waals surface area contributed by atoms with Crippen molar-refractivity contribution in [3.05, 3.63) is 83.6 Å². The molecular weight excluding hydrogens is 334 g/mol. The van der Waals surface area contributed by atoms with Gasteiger partial charge in [0, 0.05) is 36.2 Å². The Morgan fingerprint density at radius 1 is 1.11 bits per heavy atom. The largest absolute Gasteiger partial charge is 0.327 e. The lowest BCUT2D eigenvalue weighted by Crippen LogP contribution is -2.29. The molecule has 0 unspecified atom stereocenters. The highest BCUT2D eigenvalue weighted by Gasteiger charge is 2.25. The maximum absolute atomic E-state index is 13.1. The van der Waals surface area contributed by atoms with Crippen LogP contribution in [0.3, 0.4) is 0 Å². The molecule has 0 saturated carbocycles. The molecule has 27 heavy (non-hydrogen) atoms. The first kappa shape index (κ1) is 17.3. The fourth-order valence-corrected chi connectivity index (χ4v) is 3.68. The summed E-state index contributed by atoms with van der Waals surface area (Å²) in [6.07, 6.45) is 2.63. The van der Waals surface area contributed by atoms with E-state index < -0.39 is 0 Å². The van der Waals surface area contributed by atoms with E-state index >= 15 is 0 Å². The molecule has 136 valence electrons. The van der Waals surface area contributed by atoms with Crippen molar-refractivity contribution in [3.8, 4) is 0 Å². The van der Waals surface area contributed by atoms with Crippen molar-refractivity contribution in [2.45, 2.75) is 20.3 Å². The maximum atomic E-state index is 13.1. The molecule has 1 aromatic heterocycles. The number of nitrogens with zero attached hydrogens (tertiary/aromatic N) is 3. The van der Waals surface area contributed by atoms with E-state index in [4.69, 9.17) is 0 Å². The Bertz CT molecular complexity index is 983. The summed E-state index contributed by atoms with van der Waals surface area (Å²) in [5.41, 5.74) is 5.21. The molecule has 2 aromatic carbocycles. The molecule has 0 N–H and O–H groups in total. The average Bonchev–Trinajstić information content (AvgIpc) is 3.12. The molecule has 1 aliphatic rings. The van der Waals surface area contributed by atoms with Gasteiger partial charge in [-0.3, -0.25) is 4.79 Å². The molecule has 0 radical (unpaired) electrons. The fraction of sp³-hybridized carbons (Fsp3) is 0.217. The smallest absolute Gasteiger partial charge is 0.258 e. The zero-order valence-corrected chi connectivity index (χ0v) is 15.7. The number of carbonyl (C=O) groups excluding carboxylic acids is 1. The van der Waals surface area contributed by atoms with Gasteiger partial charge >= 0.3 is 0 Å². The van der Waals surface area contributed by atoms with Crippen molar-refractivity contribution in [1.29, 1.82) is 0 Å². The third-order valence-electron chi connectivity index (χ3n) is 5.03. The molecule has 4 rings (SSSR count). The molecule has 0 atom stereocenters. The molecule has 0 aliphatic carbocycles. The predicted octanol–water partition coefficient (Wildman–Crippen LogP) is 4.75. The van der Waals surface area contributed by atoms with Crippen LogP contribution in [0.25, 0.3) is 0 Å². The molecule has 0 bridgehead atoms. The Hall–Kier alpha value is -3.14. The molecular formula is C23H23N3O. The van der Waals surface area contributed by atoms with E-state index in [0.717, 1.165) is 36.7 Å². The Morgan fingerprint density at radius 2 is 1.96 bits per heavy atom.